The molecule has 154 valence electrons. The Bertz CT molecular complexity index is 713. The molecule has 1 saturated heterocycles. The smallest absolute Gasteiger partial charge is 0.255 e. The highest BCUT2D eigenvalue weighted by Crippen LogP contribution is 2.24. The van der Waals surface area contributed by atoms with Crippen LogP contribution in [0.1, 0.15) is 66.8 Å². The van der Waals surface area contributed by atoms with Crippen LogP contribution in [0.4, 0.5) is 0 Å². The zero-order valence-corrected chi connectivity index (χ0v) is 16.9. The lowest BCUT2D eigenvalue weighted by molar-refractivity contribution is -0.131. The summed E-state index contributed by atoms with van der Waals surface area (Å²) in [6.07, 6.45) is 7.05. The van der Waals surface area contributed by atoms with Crippen LogP contribution in [-0.4, -0.2) is 48.3 Å². The lowest BCUT2D eigenvalue weighted by atomic mass is 9.88. The summed E-state index contributed by atoms with van der Waals surface area (Å²) in [6.45, 7) is 4.70. The molecule has 0 unspecified atom stereocenters. The Morgan fingerprint density at radius 3 is 2.36 bits per heavy atom. The molecule has 2 aliphatic rings. The Balaban J connectivity index is 1.39. The fourth-order valence-corrected chi connectivity index (χ4v) is 4.18. The maximum atomic E-state index is 12.4. The number of hydrogen-bond donors (Lipinski definition) is 2. The van der Waals surface area contributed by atoms with E-state index in [4.69, 9.17) is 4.42 Å². The van der Waals surface area contributed by atoms with Gasteiger partial charge in [-0.1, -0.05) is 19.3 Å². The summed E-state index contributed by atoms with van der Waals surface area (Å²) in [7, 11) is 0. The second-order valence-corrected chi connectivity index (χ2v) is 8.01. The highest BCUT2D eigenvalue weighted by atomic mass is 16.3. The van der Waals surface area contributed by atoms with Crippen LogP contribution in [0.15, 0.2) is 10.5 Å². The Kier molecular flexibility index (Phi) is 6.75. The quantitative estimate of drug-likeness (QED) is 0.808. The van der Waals surface area contributed by atoms with Gasteiger partial charge in [0.15, 0.2) is 0 Å². The molecule has 0 spiro atoms. The molecule has 28 heavy (non-hydrogen) atoms. The Labute approximate surface area is 166 Å². The zero-order valence-electron chi connectivity index (χ0n) is 16.9. The second-order valence-electron chi connectivity index (χ2n) is 8.01. The van der Waals surface area contributed by atoms with E-state index in [1.54, 1.807) is 24.8 Å². The molecule has 0 aromatic carbocycles. The number of hydrogen-bond acceptors (Lipinski definition) is 4. The number of piperidine rings is 1. The Hall–Kier alpha value is -2.31. The summed E-state index contributed by atoms with van der Waals surface area (Å²) in [6, 6.07) is 1.82. The van der Waals surface area contributed by atoms with Gasteiger partial charge >= 0.3 is 0 Å². The van der Waals surface area contributed by atoms with E-state index >= 15 is 0 Å². The summed E-state index contributed by atoms with van der Waals surface area (Å²) >= 11 is 0. The van der Waals surface area contributed by atoms with Gasteiger partial charge in [0.1, 0.15) is 11.5 Å². The summed E-state index contributed by atoms with van der Waals surface area (Å²) in [5.74, 6) is 1.19. The van der Waals surface area contributed by atoms with Gasteiger partial charge in [0.2, 0.25) is 11.8 Å². The minimum absolute atomic E-state index is 0.0262. The molecule has 1 saturated carbocycles. The van der Waals surface area contributed by atoms with E-state index in [9.17, 15) is 14.4 Å². The first-order valence-electron chi connectivity index (χ1n) is 10.4. The van der Waals surface area contributed by atoms with Crippen LogP contribution < -0.4 is 10.6 Å². The topological polar surface area (TPSA) is 91.7 Å². The van der Waals surface area contributed by atoms with Crippen LogP contribution in [-0.2, 0) is 9.59 Å². The number of likely N-dealkylation sites (tertiary alicyclic amines) is 1. The first-order valence-corrected chi connectivity index (χ1v) is 10.4. The van der Waals surface area contributed by atoms with Crippen molar-refractivity contribution in [3.63, 3.8) is 0 Å². The molecular formula is C21H31N3O4. The molecule has 3 amide bonds. The van der Waals surface area contributed by atoms with E-state index < -0.39 is 0 Å². The maximum absolute atomic E-state index is 12.4. The highest BCUT2D eigenvalue weighted by Gasteiger charge is 2.27. The van der Waals surface area contributed by atoms with Crippen molar-refractivity contribution in [3.05, 3.63) is 23.2 Å². The van der Waals surface area contributed by atoms with Crippen molar-refractivity contribution in [2.24, 2.45) is 5.92 Å². The Morgan fingerprint density at radius 2 is 1.75 bits per heavy atom. The predicted octanol–water partition coefficient (Wildman–Crippen LogP) is 2.31. The summed E-state index contributed by atoms with van der Waals surface area (Å²) in [5.41, 5.74) is 0.467. The third-order valence-corrected chi connectivity index (χ3v) is 5.86. The van der Waals surface area contributed by atoms with Crippen molar-refractivity contribution in [2.75, 3.05) is 19.6 Å². The maximum Gasteiger partial charge on any atom is 0.255 e. The lowest BCUT2D eigenvalue weighted by Gasteiger charge is -2.33. The van der Waals surface area contributed by atoms with Gasteiger partial charge in [-0.15, -0.1) is 0 Å². The van der Waals surface area contributed by atoms with Crippen LogP contribution in [0.2, 0.25) is 0 Å². The molecule has 1 aromatic rings. The largest absolute Gasteiger partial charge is 0.466 e. The molecule has 2 fully saturated rings. The molecule has 7 heteroatoms. The van der Waals surface area contributed by atoms with Crippen LogP contribution in [0.3, 0.4) is 0 Å². The fraction of sp³-hybridized carbons (Fsp3) is 0.667. The number of carbonyl (C=O) groups is 3. The molecule has 2 heterocycles. The number of carbonyl (C=O) groups excluding carboxylic acids is 3. The molecule has 0 bridgehead atoms. The second kappa shape index (κ2) is 9.26. The first kappa shape index (κ1) is 20.4. The highest BCUT2D eigenvalue weighted by molar-refractivity contribution is 5.97. The number of nitrogens with zero attached hydrogens (tertiary/aromatic N) is 1. The van der Waals surface area contributed by atoms with Crippen molar-refractivity contribution in [3.8, 4) is 0 Å². The van der Waals surface area contributed by atoms with E-state index in [1.165, 1.54) is 6.42 Å². The third-order valence-electron chi connectivity index (χ3n) is 5.86. The minimum Gasteiger partial charge on any atom is -0.466 e. The average molecular weight is 389 g/mol. The normalized spacial score (nSPS) is 18.7. The monoisotopic (exact) mass is 389 g/mol. The third kappa shape index (κ3) is 5.14. The molecule has 0 atom stereocenters. The zero-order chi connectivity index (χ0) is 20.1. The SMILES string of the molecule is Cc1cc(C(=O)NCC(=O)N2CCC(NC(=O)C3CCCCC3)CC2)c(C)o1. The number of nitrogens with one attached hydrogen (secondary N) is 2. The number of rotatable bonds is 5. The number of aryl methyl sites for hydroxylation is 2. The van der Waals surface area contributed by atoms with E-state index in [1.807, 2.05) is 0 Å². The number of amides is 3. The minimum atomic E-state index is -0.294. The van der Waals surface area contributed by atoms with E-state index in [2.05, 4.69) is 10.6 Å². The van der Waals surface area contributed by atoms with Crippen LogP contribution in [0.25, 0.3) is 0 Å². The van der Waals surface area contributed by atoms with Gasteiger partial charge in [0.05, 0.1) is 12.1 Å². The van der Waals surface area contributed by atoms with Gasteiger partial charge in [-0.25, -0.2) is 0 Å². The van der Waals surface area contributed by atoms with E-state index in [0.29, 0.717) is 30.2 Å². The van der Waals surface area contributed by atoms with Crippen molar-refractivity contribution in [1.29, 1.82) is 0 Å². The van der Waals surface area contributed by atoms with Gasteiger partial charge in [0.25, 0.3) is 5.91 Å². The molecule has 2 N–H and O–H groups in total. The standard InChI is InChI=1S/C21H31N3O4/c1-14-12-18(15(2)28-14)21(27)22-13-19(25)24-10-8-17(9-11-24)23-20(26)16-6-4-3-5-7-16/h12,16-17H,3-11,13H2,1-2H3,(H,22,27)(H,23,26). The summed E-state index contributed by atoms with van der Waals surface area (Å²) in [4.78, 5) is 38.7. The number of furan rings is 1. The van der Waals surface area contributed by atoms with Gasteiger partial charge in [-0.3, -0.25) is 14.4 Å². The molecular weight excluding hydrogens is 358 g/mol. The summed E-state index contributed by atoms with van der Waals surface area (Å²) in [5, 5.41) is 5.85. The average Bonchev–Trinajstić information content (AvgIpc) is 3.05. The van der Waals surface area contributed by atoms with Crippen molar-refractivity contribution in [2.45, 2.75) is 64.8 Å². The molecule has 1 aliphatic heterocycles. The van der Waals surface area contributed by atoms with Crippen molar-refractivity contribution >= 4 is 17.7 Å². The lowest BCUT2D eigenvalue weighted by Crippen LogP contribution is -2.50. The van der Waals surface area contributed by atoms with Crippen LogP contribution in [0, 0.1) is 19.8 Å². The summed E-state index contributed by atoms with van der Waals surface area (Å²) < 4.78 is 5.36. The molecule has 1 aliphatic carbocycles. The molecule has 1 aromatic heterocycles. The first-order chi connectivity index (χ1) is 13.4. The molecule has 3 rings (SSSR count). The van der Waals surface area contributed by atoms with Gasteiger partial charge in [-0.05, 0) is 45.6 Å². The van der Waals surface area contributed by atoms with Crippen molar-refractivity contribution in [1.82, 2.24) is 15.5 Å². The van der Waals surface area contributed by atoms with E-state index in [-0.39, 0.29) is 36.2 Å². The van der Waals surface area contributed by atoms with Crippen molar-refractivity contribution < 1.29 is 18.8 Å². The van der Waals surface area contributed by atoms with Gasteiger partial charge in [0, 0.05) is 25.0 Å². The molecule has 0 radical (unpaired) electrons. The van der Waals surface area contributed by atoms with Gasteiger partial charge in [-0.2, -0.15) is 0 Å². The predicted molar refractivity (Wildman–Crippen MR) is 105 cm³/mol. The van der Waals surface area contributed by atoms with E-state index in [0.717, 1.165) is 38.5 Å². The van der Waals surface area contributed by atoms with Crippen LogP contribution in [0.5, 0.6) is 0 Å². The van der Waals surface area contributed by atoms with Crippen LogP contribution >= 0.6 is 0 Å². The fourth-order valence-electron chi connectivity index (χ4n) is 4.18. The Morgan fingerprint density at radius 1 is 1.07 bits per heavy atom. The molecule has 7 nitrogen and oxygen atoms in total. The van der Waals surface area contributed by atoms with Gasteiger partial charge < -0.3 is 20.0 Å².